The predicted molar refractivity (Wildman–Crippen MR) is 103 cm³/mol. The van der Waals surface area contributed by atoms with E-state index in [9.17, 15) is 9.90 Å². The van der Waals surface area contributed by atoms with Crippen molar-refractivity contribution in [2.24, 2.45) is 0 Å². The van der Waals surface area contributed by atoms with Gasteiger partial charge in [0, 0.05) is 11.3 Å². The summed E-state index contributed by atoms with van der Waals surface area (Å²) in [5.41, 5.74) is 3.18. The zero-order valence-electron chi connectivity index (χ0n) is 14.9. The molecule has 0 aliphatic carbocycles. The highest BCUT2D eigenvalue weighted by atomic mass is 35.5. The van der Waals surface area contributed by atoms with Gasteiger partial charge in [0.15, 0.2) is 0 Å². The summed E-state index contributed by atoms with van der Waals surface area (Å²) >= 11 is 12.1. The number of carbonyl (C=O) groups is 1. The summed E-state index contributed by atoms with van der Waals surface area (Å²) in [4.78, 5) is 12.3. The number of hydrogen-bond donors (Lipinski definition) is 2. The lowest BCUT2D eigenvalue weighted by Gasteiger charge is -2.10. The van der Waals surface area contributed by atoms with Gasteiger partial charge in [-0.15, -0.1) is 0 Å². The van der Waals surface area contributed by atoms with E-state index >= 15 is 0 Å². The Balaban J connectivity index is 1.70. The van der Waals surface area contributed by atoms with Crippen LogP contribution in [0.3, 0.4) is 0 Å². The van der Waals surface area contributed by atoms with Crippen molar-refractivity contribution in [2.45, 2.75) is 26.4 Å². The van der Waals surface area contributed by atoms with Crippen LogP contribution in [0.25, 0.3) is 5.69 Å². The number of furan rings is 1. The van der Waals surface area contributed by atoms with Gasteiger partial charge in [0.1, 0.15) is 11.9 Å². The summed E-state index contributed by atoms with van der Waals surface area (Å²) < 4.78 is 6.85. The van der Waals surface area contributed by atoms with E-state index < -0.39 is 6.10 Å². The summed E-state index contributed by atoms with van der Waals surface area (Å²) in [6, 6.07) is 8.60. The molecule has 142 valence electrons. The Bertz CT molecular complexity index is 952. The third-order valence-electron chi connectivity index (χ3n) is 4.29. The number of benzene rings is 1. The smallest absolute Gasteiger partial charge is 0.224 e. The highest BCUT2D eigenvalue weighted by Crippen LogP contribution is 2.26. The van der Waals surface area contributed by atoms with E-state index in [1.807, 2.05) is 19.9 Å². The fourth-order valence-corrected chi connectivity index (χ4v) is 3.11. The summed E-state index contributed by atoms with van der Waals surface area (Å²) in [6.07, 6.45) is 0.749. The second-order valence-corrected chi connectivity index (χ2v) is 6.99. The molecule has 1 amide bonds. The monoisotopic (exact) mass is 407 g/mol. The Morgan fingerprint density at radius 2 is 2.07 bits per heavy atom. The molecule has 27 heavy (non-hydrogen) atoms. The molecule has 0 radical (unpaired) electrons. The Labute approximate surface area is 166 Å². The second-order valence-electron chi connectivity index (χ2n) is 6.17. The van der Waals surface area contributed by atoms with E-state index in [1.54, 1.807) is 28.9 Å². The molecule has 2 heterocycles. The summed E-state index contributed by atoms with van der Waals surface area (Å²) in [5, 5.41) is 18.1. The maximum absolute atomic E-state index is 12.3. The number of halogens is 2. The van der Waals surface area contributed by atoms with Gasteiger partial charge in [-0.3, -0.25) is 4.79 Å². The minimum absolute atomic E-state index is 0.0748. The van der Waals surface area contributed by atoms with Crippen molar-refractivity contribution in [1.82, 2.24) is 15.1 Å². The molecule has 3 rings (SSSR count). The van der Waals surface area contributed by atoms with E-state index in [4.69, 9.17) is 27.6 Å². The number of amides is 1. The van der Waals surface area contributed by atoms with Gasteiger partial charge in [-0.05, 0) is 44.2 Å². The molecule has 0 aliphatic heterocycles. The third-order valence-corrected chi connectivity index (χ3v) is 5.03. The van der Waals surface area contributed by atoms with Crippen LogP contribution in [0.1, 0.15) is 28.8 Å². The lowest BCUT2D eigenvalue weighted by molar-refractivity contribution is -0.121. The van der Waals surface area contributed by atoms with Gasteiger partial charge in [0.05, 0.1) is 40.7 Å². The quantitative estimate of drug-likeness (QED) is 0.651. The van der Waals surface area contributed by atoms with Crippen molar-refractivity contribution in [3.05, 3.63) is 69.4 Å². The Kier molecular flexibility index (Phi) is 5.89. The van der Waals surface area contributed by atoms with Gasteiger partial charge < -0.3 is 14.8 Å². The molecule has 0 fully saturated rings. The Hall–Kier alpha value is -2.28. The van der Waals surface area contributed by atoms with Crippen LogP contribution in [0.2, 0.25) is 10.0 Å². The van der Waals surface area contributed by atoms with Gasteiger partial charge in [-0.25, -0.2) is 4.68 Å². The zero-order valence-corrected chi connectivity index (χ0v) is 16.4. The predicted octanol–water partition coefficient (Wildman–Crippen LogP) is 3.78. The van der Waals surface area contributed by atoms with Crippen LogP contribution in [0, 0.1) is 13.8 Å². The lowest BCUT2D eigenvalue weighted by Crippen LogP contribution is -2.29. The number of aliphatic hydroxyl groups is 1. The number of rotatable bonds is 6. The summed E-state index contributed by atoms with van der Waals surface area (Å²) in [6.45, 7) is 3.82. The van der Waals surface area contributed by atoms with Crippen LogP contribution in [0.15, 0.2) is 41.0 Å². The van der Waals surface area contributed by atoms with E-state index in [0.29, 0.717) is 15.8 Å². The van der Waals surface area contributed by atoms with Crippen LogP contribution in [-0.4, -0.2) is 27.3 Å². The first-order chi connectivity index (χ1) is 12.9. The number of aryl methyl sites for hydroxylation is 1. The SMILES string of the molecule is Cc1nn(-c2ccc(Cl)c(Cl)c2)c(C)c1CC(=O)NCC(O)c1ccco1. The number of carbonyl (C=O) groups excluding carboxylic acids is 1. The molecule has 0 spiro atoms. The molecule has 0 aliphatic rings. The topological polar surface area (TPSA) is 80.3 Å². The molecule has 1 atom stereocenters. The fourth-order valence-electron chi connectivity index (χ4n) is 2.81. The molecule has 1 aromatic carbocycles. The highest BCUT2D eigenvalue weighted by Gasteiger charge is 2.18. The molecule has 6 nitrogen and oxygen atoms in total. The molecule has 0 saturated carbocycles. The molecule has 2 N–H and O–H groups in total. The van der Waals surface area contributed by atoms with Gasteiger partial charge in [0.25, 0.3) is 0 Å². The molecule has 0 saturated heterocycles. The van der Waals surface area contributed by atoms with E-state index in [0.717, 1.165) is 22.6 Å². The molecule has 8 heteroatoms. The van der Waals surface area contributed by atoms with E-state index in [-0.39, 0.29) is 18.9 Å². The maximum atomic E-state index is 12.3. The minimum Gasteiger partial charge on any atom is -0.467 e. The van der Waals surface area contributed by atoms with Crippen molar-refractivity contribution < 1.29 is 14.3 Å². The molecule has 1 unspecified atom stereocenters. The minimum atomic E-state index is -0.884. The van der Waals surface area contributed by atoms with Crippen molar-refractivity contribution in [3.63, 3.8) is 0 Å². The zero-order chi connectivity index (χ0) is 19.6. The van der Waals surface area contributed by atoms with Gasteiger partial charge in [-0.1, -0.05) is 23.2 Å². The first-order valence-corrected chi connectivity index (χ1v) is 9.11. The summed E-state index contributed by atoms with van der Waals surface area (Å²) in [5.74, 6) is 0.204. The number of nitrogens with zero attached hydrogens (tertiary/aromatic N) is 2. The normalized spacial score (nSPS) is 12.2. The number of hydrogen-bond acceptors (Lipinski definition) is 4. The molecule has 3 aromatic rings. The van der Waals surface area contributed by atoms with E-state index in [1.165, 1.54) is 6.26 Å². The first kappa shape index (κ1) is 19.5. The molecule has 0 bridgehead atoms. The van der Waals surface area contributed by atoms with Gasteiger partial charge in [-0.2, -0.15) is 5.10 Å². The van der Waals surface area contributed by atoms with Gasteiger partial charge in [0.2, 0.25) is 5.91 Å². The first-order valence-electron chi connectivity index (χ1n) is 8.35. The standard InChI is InChI=1S/C19H19Cl2N3O3/c1-11-14(9-19(26)22-10-17(25)18-4-3-7-27-18)12(2)24(23-11)13-5-6-15(20)16(21)8-13/h3-8,17,25H,9-10H2,1-2H3,(H,22,26). The number of aromatic nitrogens is 2. The van der Waals surface area contributed by atoms with Crippen molar-refractivity contribution in [1.29, 1.82) is 0 Å². The van der Waals surface area contributed by atoms with Crippen LogP contribution in [0.4, 0.5) is 0 Å². The number of nitrogens with one attached hydrogen (secondary N) is 1. The van der Waals surface area contributed by atoms with Crippen molar-refractivity contribution in [3.8, 4) is 5.69 Å². The Morgan fingerprint density at radius 3 is 2.74 bits per heavy atom. The van der Waals surface area contributed by atoms with Crippen LogP contribution in [-0.2, 0) is 11.2 Å². The van der Waals surface area contributed by atoms with Crippen LogP contribution >= 0.6 is 23.2 Å². The highest BCUT2D eigenvalue weighted by molar-refractivity contribution is 6.42. The number of aliphatic hydroxyl groups excluding tert-OH is 1. The van der Waals surface area contributed by atoms with Crippen molar-refractivity contribution in [2.75, 3.05) is 6.54 Å². The van der Waals surface area contributed by atoms with Gasteiger partial charge >= 0.3 is 0 Å². The summed E-state index contributed by atoms with van der Waals surface area (Å²) in [7, 11) is 0. The largest absolute Gasteiger partial charge is 0.467 e. The fraction of sp³-hybridized carbons (Fsp3) is 0.263. The van der Waals surface area contributed by atoms with E-state index in [2.05, 4.69) is 10.4 Å². The Morgan fingerprint density at radius 1 is 1.30 bits per heavy atom. The molecular formula is C19H19Cl2N3O3. The molecular weight excluding hydrogens is 389 g/mol. The maximum Gasteiger partial charge on any atom is 0.224 e. The van der Waals surface area contributed by atoms with Crippen molar-refractivity contribution >= 4 is 29.1 Å². The lowest BCUT2D eigenvalue weighted by atomic mass is 10.1. The third kappa shape index (κ3) is 4.35. The van der Waals surface area contributed by atoms with Crippen LogP contribution in [0.5, 0.6) is 0 Å². The average molecular weight is 408 g/mol. The average Bonchev–Trinajstić information content (AvgIpc) is 3.26. The molecule has 2 aromatic heterocycles. The second kappa shape index (κ2) is 8.17. The van der Waals surface area contributed by atoms with Crippen LogP contribution < -0.4 is 5.32 Å².